The third kappa shape index (κ3) is 10.7. The fraction of sp³-hybridized carbons (Fsp3) is 0.286. The van der Waals surface area contributed by atoms with Crippen LogP contribution >= 0.6 is 0 Å². The van der Waals surface area contributed by atoms with Crippen molar-refractivity contribution in [3.63, 3.8) is 0 Å². The third-order valence-electron chi connectivity index (χ3n) is 6.69. The molecule has 0 saturated heterocycles. The highest BCUT2D eigenvalue weighted by Crippen LogP contribution is 2.34. The van der Waals surface area contributed by atoms with Crippen LogP contribution in [0.5, 0.6) is 5.88 Å². The molecule has 0 aliphatic rings. The number of pyridine rings is 1. The van der Waals surface area contributed by atoms with Gasteiger partial charge < -0.3 is 20.1 Å². The summed E-state index contributed by atoms with van der Waals surface area (Å²) in [5.41, 5.74) is 2.51. The van der Waals surface area contributed by atoms with E-state index in [0.29, 0.717) is 21.7 Å². The van der Waals surface area contributed by atoms with E-state index in [4.69, 9.17) is 4.74 Å². The van der Waals surface area contributed by atoms with Gasteiger partial charge in [-0.25, -0.2) is 9.67 Å². The number of aromatic nitrogens is 5. The molecule has 254 valence electrons. The van der Waals surface area contributed by atoms with Crippen LogP contribution in [-0.4, -0.2) is 65.3 Å². The summed E-state index contributed by atoms with van der Waals surface area (Å²) in [6.07, 6.45) is 4.59. The van der Waals surface area contributed by atoms with Crippen molar-refractivity contribution < 1.29 is 27.4 Å². The molecule has 0 saturated carbocycles. The van der Waals surface area contributed by atoms with Crippen molar-refractivity contribution >= 4 is 17.3 Å². The van der Waals surface area contributed by atoms with Crippen molar-refractivity contribution in [3.05, 3.63) is 108 Å². The van der Waals surface area contributed by atoms with Crippen molar-refractivity contribution in [1.29, 1.82) is 0 Å². The lowest BCUT2D eigenvalue weighted by molar-refractivity contribution is -0.142. The second kappa shape index (κ2) is 18.3. The molecule has 0 atom stereocenters. The number of carbonyl (C=O) groups excluding carboxylic acids is 1. The highest BCUT2D eigenvalue weighted by Gasteiger charge is 2.37. The Morgan fingerprint density at radius 3 is 2.38 bits per heavy atom. The van der Waals surface area contributed by atoms with Gasteiger partial charge in [0.05, 0.1) is 12.8 Å². The number of nitrogens with one attached hydrogen (secondary N) is 2. The first-order chi connectivity index (χ1) is 23.0. The van der Waals surface area contributed by atoms with Crippen molar-refractivity contribution in [2.24, 2.45) is 0 Å². The van der Waals surface area contributed by atoms with E-state index in [-0.39, 0.29) is 17.3 Å². The van der Waals surface area contributed by atoms with E-state index in [9.17, 15) is 18.0 Å². The number of carbonyl (C=O) groups is 1. The third-order valence-corrected chi connectivity index (χ3v) is 6.69. The molecule has 1 amide bonds. The molecule has 0 radical (unpaired) electrons. The summed E-state index contributed by atoms with van der Waals surface area (Å²) in [5.74, 6) is -0.267. The highest BCUT2D eigenvalue weighted by molar-refractivity contribution is 6.04. The largest absolute Gasteiger partial charge is 0.481 e. The first-order valence-electron chi connectivity index (χ1n) is 15.1. The number of ether oxygens (including phenoxy) is 2. The molecule has 1 aromatic carbocycles. The van der Waals surface area contributed by atoms with Crippen LogP contribution in [0.1, 0.15) is 48.3 Å². The summed E-state index contributed by atoms with van der Waals surface area (Å²) in [6.45, 7) is 9.84. The van der Waals surface area contributed by atoms with Crippen LogP contribution in [0.15, 0.2) is 91.2 Å². The summed E-state index contributed by atoms with van der Waals surface area (Å²) in [4.78, 5) is 17.1. The second-order valence-corrected chi connectivity index (χ2v) is 10.5. The van der Waals surface area contributed by atoms with Gasteiger partial charge in [-0.15, -0.1) is 10.2 Å². The van der Waals surface area contributed by atoms with Crippen molar-refractivity contribution in [3.8, 4) is 23.0 Å². The number of rotatable bonds is 13. The summed E-state index contributed by atoms with van der Waals surface area (Å²) < 4.78 is 51.6. The average molecular weight is 664 g/mol. The maximum absolute atomic E-state index is 13.9. The van der Waals surface area contributed by atoms with Crippen LogP contribution in [0.3, 0.4) is 0 Å². The molecule has 0 spiro atoms. The maximum atomic E-state index is 13.9. The lowest BCUT2D eigenvalue weighted by atomic mass is 10.0. The minimum atomic E-state index is -4.72. The Hall–Kier alpha value is -5.14. The summed E-state index contributed by atoms with van der Waals surface area (Å²) >= 11 is 0. The lowest BCUT2D eigenvalue weighted by Gasteiger charge is -2.10. The zero-order valence-corrected chi connectivity index (χ0v) is 27.6. The van der Waals surface area contributed by atoms with Crippen molar-refractivity contribution in [2.45, 2.75) is 32.9 Å². The van der Waals surface area contributed by atoms with Gasteiger partial charge >= 0.3 is 6.18 Å². The predicted molar refractivity (Wildman–Crippen MR) is 181 cm³/mol. The number of halogens is 3. The smallest absolute Gasteiger partial charge is 0.433 e. The van der Waals surface area contributed by atoms with Gasteiger partial charge in [0.2, 0.25) is 5.88 Å². The van der Waals surface area contributed by atoms with Gasteiger partial charge in [0.25, 0.3) is 5.91 Å². The second-order valence-electron chi connectivity index (χ2n) is 10.5. The molecule has 0 fully saturated rings. The van der Waals surface area contributed by atoms with Crippen LogP contribution in [0.25, 0.3) is 22.6 Å². The van der Waals surface area contributed by atoms with Crippen LogP contribution in [0.2, 0.25) is 0 Å². The van der Waals surface area contributed by atoms with Crippen molar-refractivity contribution in [1.82, 2.24) is 30.3 Å². The summed E-state index contributed by atoms with van der Waals surface area (Å²) in [5, 5.41) is 18.0. The number of hydrogen-bond donors (Lipinski definition) is 2. The molecule has 4 rings (SSSR count). The number of methoxy groups -OCH3 is 2. The number of hydrogen-bond acceptors (Lipinski definition) is 8. The van der Waals surface area contributed by atoms with Crippen LogP contribution in [0, 0.1) is 0 Å². The number of nitrogens with zero attached hydrogens (tertiary/aromatic N) is 5. The van der Waals surface area contributed by atoms with E-state index in [1.165, 1.54) is 31.5 Å². The Balaban J connectivity index is 0.00000201. The normalized spacial score (nSPS) is 11.8. The van der Waals surface area contributed by atoms with E-state index in [2.05, 4.69) is 49.2 Å². The average Bonchev–Trinajstić information content (AvgIpc) is 3.55. The summed E-state index contributed by atoms with van der Waals surface area (Å²) in [6, 6.07) is 13.6. The molecule has 2 N–H and O–H groups in total. The molecule has 4 aromatic rings. The van der Waals surface area contributed by atoms with Crippen LogP contribution < -0.4 is 15.4 Å². The SMILES string of the molecule is C=C/C(=C\C=C(/C)CNCCCC)c1cccc(C(=O)Nc2ccc(-n3nc(-c4ccc(OC)nc4)cc3C(F)(F)F)nn2)c1.COC. The minimum Gasteiger partial charge on any atom is -0.481 e. The van der Waals surface area contributed by atoms with Gasteiger partial charge in [0.1, 0.15) is 0 Å². The Morgan fingerprint density at radius 1 is 1.02 bits per heavy atom. The van der Waals surface area contributed by atoms with Gasteiger partial charge in [-0.05, 0) is 67.4 Å². The molecular weight excluding hydrogens is 623 g/mol. The Morgan fingerprint density at radius 2 is 1.77 bits per heavy atom. The summed E-state index contributed by atoms with van der Waals surface area (Å²) in [7, 11) is 4.69. The zero-order chi connectivity index (χ0) is 35.1. The quantitative estimate of drug-likeness (QED) is 0.114. The zero-order valence-electron chi connectivity index (χ0n) is 27.6. The molecule has 0 unspecified atom stereocenters. The number of anilines is 1. The Kier molecular flexibility index (Phi) is 14.2. The molecule has 13 heteroatoms. The first-order valence-corrected chi connectivity index (χ1v) is 15.1. The van der Waals surface area contributed by atoms with Crippen LogP contribution in [0.4, 0.5) is 19.0 Å². The standard InChI is InChI=1S/C33H34F3N7O2.C2H6O/c1-5-7-17-37-20-22(3)11-12-23(6-2)24-9-8-10-25(18-24)32(44)39-29-14-15-30(41-40-29)43-28(33(34,35)36)19-27(42-43)26-13-16-31(45-4)38-21-26;1-3-2/h6,8-16,18-19,21,37H,2,5,7,17,20H2,1,3-4H3,(H,39,40,44);1-2H3/b22-11+,23-12+;. The number of amides is 1. The first kappa shape index (κ1) is 37.3. The van der Waals surface area contributed by atoms with Gasteiger partial charge in [-0.3, -0.25) is 4.79 Å². The van der Waals surface area contributed by atoms with E-state index in [1.54, 1.807) is 44.6 Å². The molecule has 3 heterocycles. The van der Waals surface area contributed by atoms with Gasteiger partial charge in [-0.1, -0.05) is 55.9 Å². The van der Waals surface area contributed by atoms with E-state index >= 15 is 0 Å². The minimum absolute atomic E-state index is 0.0405. The highest BCUT2D eigenvalue weighted by atomic mass is 19.4. The fourth-order valence-corrected chi connectivity index (χ4v) is 4.25. The van der Waals surface area contributed by atoms with Crippen LogP contribution in [-0.2, 0) is 10.9 Å². The molecule has 10 nitrogen and oxygen atoms in total. The number of unbranched alkanes of at least 4 members (excludes halogenated alkanes) is 1. The molecule has 0 aliphatic heterocycles. The number of alkyl halides is 3. The van der Waals surface area contributed by atoms with E-state index in [0.717, 1.165) is 48.7 Å². The Labute approximate surface area is 278 Å². The van der Waals surface area contributed by atoms with Gasteiger partial charge in [0.15, 0.2) is 17.3 Å². The van der Waals surface area contributed by atoms with E-state index in [1.807, 2.05) is 25.1 Å². The molecule has 48 heavy (non-hydrogen) atoms. The predicted octanol–water partition coefficient (Wildman–Crippen LogP) is 7.17. The Bertz CT molecular complexity index is 1700. The molecule has 0 bridgehead atoms. The number of benzene rings is 1. The monoisotopic (exact) mass is 663 g/mol. The molecule has 0 aliphatic carbocycles. The van der Waals surface area contributed by atoms with Gasteiger partial charge in [-0.2, -0.15) is 18.3 Å². The van der Waals surface area contributed by atoms with Crippen molar-refractivity contribution in [2.75, 3.05) is 39.7 Å². The van der Waals surface area contributed by atoms with Gasteiger partial charge in [0, 0.05) is 44.2 Å². The number of allylic oxidation sites excluding steroid dienone is 4. The molecular formula is C35H40F3N7O3. The van der Waals surface area contributed by atoms with E-state index < -0.39 is 17.8 Å². The molecule has 3 aromatic heterocycles. The lowest BCUT2D eigenvalue weighted by Crippen LogP contribution is -2.17. The maximum Gasteiger partial charge on any atom is 0.433 e. The fourth-order valence-electron chi connectivity index (χ4n) is 4.25. The topological polar surface area (TPSA) is 116 Å².